The number of rotatable bonds is 4. The van der Waals surface area contributed by atoms with Crippen LogP contribution in [0.5, 0.6) is 0 Å². The van der Waals surface area contributed by atoms with E-state index in [1.165, 1.54) is 36.9 Å². The number of benzene rings is 1. The van der Waals surface area contributed by atoms with Gasteiger partial charge in [-0.15, -0.1) is 0 Å². The van der Waals surface area contributed by atoms with Crippen LogP contribution in [0.1, 0.15) is 50.6 Å². The summed E-state index contributed by atoms with van der Waals surface area (Å²) in [7, 11) is 2.21. The molecule has 1 aromatic rings. The van der Waals surface area contributed by atoms with Gasteiger partial charge in [-0.1, -0.05) is 31.9 Å². The standard InChI is InChI=1S/C15H24N2/c1-3-15(16)12-8-10-14(11-9-12)17(2)13-6-4-5-7-13/h8-11,13,15H,3-7,16H2,1-2H3/t15-/m1/s1. The average molecular weight is 232 g/mol. The molecular formula is C15H24N2. The lowest BCUT2D eigenvalue weighted by Gasteiger charge is -2.27. The molecule has 2 heteroatoms. The van der Waals surface area contributed by atoms with Crippen LogP contribution in [0.25, 0.3) is 0 Å². The molecule has 1 aromatic carbocycles. The third-order valence-corrected chi connectivity index (χ3v) is 4.04. The zero-order valence-corrected chi connectivity index (χ0v) is 11.0. The Kier molecular flexibility index (Phi) is 4.06. The predicted octanol–water partition coefficient (Wildman–Crippen LogP) is 3.48. The summed E-state index contributed by atoms with van der Waals surface area (Å²) in [5.74, 6) is 0. The SMILES string of the molecule is CC[C@@H](N)c1ccc(N(C)C2CCCC2)cc1. The van der Waals surface area contributed by atoms with Crippen LogP contribution < -0.4 is 10.6 Å². The summed E-state index contributed by atoms with van der Waals surface area (Å²) >= 11 is 0. The van der Waals surface area contributed by atoms with E-state index in [1.807, 2.05) is 0 Å². The van der Waals surface area contributed by atoms with Gasteiger partial charge in [0.2, 0.25) is 0 Å². The average Bonchev–Trinajstić information content (AvgIpc) is 2.91. The molecule has 0 radical (unpaired) electrons. The van der Waals surface area contributed by atoms with Crippen molar-refractivity contribution >= 4 is 5.69 Å². The first-order chi connectivity index (χ1) is 8.22. The first-order valence-corrected chi connectivity index (χ1v) is 6.80. The normalized spacial score (nSPS) is 18.3. The molecule has 2 N–H and O–H groups in total. The smallest absolute Gasteiger partial charge is 0.0366 e. The molecule has 1 aliphatic carbocycles. The first-order valence-electron chi connectivity index (χ1n) is 6.80. The molecule has 94 valence electrons. The summed E-state index contributed by atoms with van der Waals surface area (Å²) in [6, 6.07) is 9.69. The Balaban J connectivity index is 2.06. The van der Waals surface area contributed by atoms with Crippen molar-refractivity contribution in [2.75, 3.05) is 11.9 Å². The van der Waals surface area contributed by atoms with Crippen molar-refractivity contribution < 1.29 is 0 Å². The monoisotopic (exact) mass is 232 g/mol. The van der Waals surface area contributed by atoms with Crippen LogP contribution in [0.3, 0.4) is 0 Å². The van der Waals surface area contributed by atoms with Crippen molar-refractivity contribution in [1.82, 2.24) is 0 Å². The topological polar surface area (TPSA) is 29.3 Å². The number of nitrogens with two attached hydrogens (primary N) is 1. The minimum atomic E-state index is 0.181. The zero-order chi connectivity index (χ0) is 12.3. The van der Waals surface area contributed by atoms with Gasteiger partial charge in [0.25, 0.3) is 0 Å². The molecule has 1 saturated carbocycles. The molecule has 1 atom stereocenters. The highest BCUT2D eigenvalue weighted by molar-refractivity contribution is 5.48. The molecule has 2 rings (SSSR count). The van der Waals surface area contributed by atoms with Crippen LogP contribution in [0.15, 0.2) is 24.3 Å². The minimum absolute atomic E-state index is 0.181. The molecule has 0 unspecified atom stereocenters. The van der Waals surface area contributed by atoms with Crippen LogP contribution in [-0.4, -0.2) is 13.1 Å². The summed E-state index contributed by atoms with van der Waals surface area (Å²) in [6.07, 6.45) is 6.44. The van der Waals surface area contributed by atoms with E-state index in [0.717, 1.165) is 12.5 Å². The van der Waals surface area contributed by atoms with Crippen molar-refractivity contribution in [1.29, 1.82) is 0 Å². The Morgan fingerprint density at radius 3 is 2.35 bits per heavy atom. The molecule has 0 spiro atoms. The van der Waals surface area contributed by atoms with Crippen LogP contribution >= 0.6 is 0 Å². The number of anilines is 1. The van der Waals surface area contributed by atoms with E-state index in [2.05, 4.69) is 43.1 Å². The van der Waals surface area contributed by atoms with E-state index in [4.69, 9.17) is 5.73 Å². The number of nitrogens with zero attached hydrogens (tertiary/aromatic N) is 1. The fourth-order valence-electron chi connectivity index (χ4n) is 2.69. The Labute approximate surface area is 105 Å². The van der Waals surface area contributed by atoms with E-state index < -0.39 is 0 Å². The van der Waals surface area contributed by atoms with Gasteiger partial charge in [0, 0.05) is 24.8 Å². The summed E-state index contributed by atoms with van der Waals surface area (Å²) in [5.41, 5.74) is 8.60. The van der Waals surface area contributed by atoms with Crippen molar-refractivity contribution in [3.63, 3.8) is 0 Å². The zero-order valence-electron chi connectivity index (χ0n) is 11.0. The van der Waals surface area contributed by atoms with Crippen LogP contribution in [0.2, 0.25) is 0 Å². The highest BCUT2D eigenvalue weighted by atomic mass is 15.1. The maximum atomic E-state index is 6.03. The molecule has 0 amide bonds. The highest BCUT2D eigenvalue weighted by Crippen LogP contribution is 2.27. The van der Waals surface area contributed by atoms with E-state index in [9.17, 15) is 0 Å². The fraction of sp³-hybridized carbons (Fsp3) is 0.600. The van der Waals surface area contributed by atoms with Crippen molar-refractivity contribution in [3.05, 3.63) is 29.8 Å². The van der Waals surface area contributed by atoms with Gasteiger partial charge >= 0.3 is 0 Å². The molecule has 1 fully saturated rings. The van der Waals surface area contributed by atoms with Gasteiger partial charge in [-0.2, -0.15) is 0 Å². The second kappa shape index (κ2) is 5.54. The highest BCUT2D eigenvalue weighted by Gasteiger charge is 2.19. The number of hydrogen-bond acceptors (Lipinski definition) is 2. The Bertz CT molecular complexity index is 338. The Morgan fingerprint density at radius 2 is 1.82 bits per heavy atom. The van der Waals surface area contributed by atoms with E-state index in [1.54, 1.807) is 0 Å². The Morgan fingerprint density at radius 1 is 1.24 bits per heavy atom. The van der Waals surface area contributed by atoms with E-state index in [0.29, 0.717) is 0 Å². The molecule has 0 aliphatic heterocycles. The van der Waals surface area contributed by atoms with Crippen molar-refractivity contribution in [2.24, 2.45) is 5.73 Å². The van der Waals surface area contributed by atoms with Gasteiger partial charge in [-0.05, 0) is 37.0 Å². The quantitative estimate of drug-likeness (QED) is 0.861. The summed E-state index contributed by atoms with van der Waals surface area (Å²) < 4.78 is 0. The molecule has 0 bridgehead atoms. The van der Waals surface area contributed by atoms with E-state index >= 15 is 0 Å². The van der Waals surface area contributed by atoms with Crippen molar-refractivity contribution in [2.45, 2.75) is 51.1 Å². The molecule has 1 aliphatic rings. The second-order valence-corrected chi connectivity index (χ2v) is 5.16. The van der Waals surface area contributed by atoms with Gasteiger partial charge in [0.15, 0.2) is 0 Å². The lowest BCUT2D eigenvalue weighted by molar-refractivity contribution is 0.652. The Hall–Kier alpha value is -1.02. The van der Waals surface area contributed by atoms with Gasteiger partial charge < -0.3 is 10.6 Å². The molecular weight excluding hydrogens is 208 g/mol. The van der Waals surface area contributed by atoms with Gasteiger partial charge in [-0.25, -0.2) is 0 Å². The number of hydrogen-bond donors (Lipinski definition) is 1. The maximum Gasteiger partial charge on any atom is 0.0366 e. The molecule has 0 saturated heterocycles. The van der Waals surface area contributed by atoms with Crippen LogP contribution in [0.4, 0.5) is 5.69 Å². The molecule has 0 heterocycles. The lowest BCUT2D eigenvalue weighted by atomic mass is 10.0. The van der Waals surface area contributed by atoms with Crippen molar-refractivity contribution in [3.8, 4) is 0 Å². The van der Waals surface area contributed by atoms with Gasteiger partial charge in [0.1, 0.15) is 0 Å². The van der Waals surface area contributed by atoms with Gasteiger partial charge in [-0.3, -0.25) is 0 Å². The molecule has 0 aromatic heterocycles. The summed E-state index contributed by atoms with van der Waals surface area (Å²) in [6.45, 7) is 2.13. The lowest BCUT2D eigenvalue weighted by Crippen LogP contribution is -2.28. The fourth-order valence-corrected chi connectivity index (χ4v) is 2.69. The summed E-state index contributed by atoms with van der Waals surface area (Å²) in [5, 5.41) is 0. The predicted molar refractivity (Wildman–Crippen MR) is 74.3 cm³/mol. The van der Waals surface area contributed by atoms with Crippen LogP contribution in [-0.2, 0) is 0 Å². The molecule has 2 nitrogen and oxygen atoms in total. The first kappa shape index (κ1) is 12.4. The summed E-state index contributed by atoms with van der Waals surface area (Å²) in [4.78, 5) is 2.42. The molecule has 17 heavy (non-hydrogen) atoms. The second-order valence-electron chi connectivity index (χ2n) is 5.16. The third-order valence-electron chi connectivity index (χ3n) is 4.04. The van der Waals surface area contributed by atoms with E-state index in [-0.39, 0.29) is 6.04 Å². The van der Waals surface area contributed by atoms with Crippen LogP contribution in [0, 0.1) is 0 Å². The third kappa shape index (κ3) is 2.81. The van der Waals surface area contributed by atoms with Gasteiger partial charge in [0.05, 0.1) is 0 Å². The largest absolute Gasteiger partial charge is 0.372 e. The minimum Gasteiger partial charge on any atom is -0.372 e. The maximum absolute atomic E-state index is 6.03.